The van der Waals surface area contributed by atoms with Gasteiger partial charge in [0.25, 0.3) is 0 Å². The van der Waals surface area contributed by atoms with Gasteiger partial charge in [0.2, 0.25) is 6.54 Å². The molecule has 1 fully saturated rings. The maximum absolute atomic E-state index is 13.6. The van der Waals surface area contributed by atoms with E-state index in [1.807, 2.05) is 13.1 Å². The summed E-state index contributed by atoms with van der Waals surface area (Å²) in [5.74, 6) is 0. The number of aliphatic hydroxyl groups excluding tert-OH is 2. The Morgan fingerprint density at radius 1 is 1.45 bits per heavy atom. The fourth-order valence-corrected chi connectivity index (χ4v) is 6.38. The van der Waals surface area contributed by atoms with E-state index in [4.69, 9.17) is 11.3 Å². The van der Waals surface area contributed by atoms with Crippen molar-refractivity contribution in [3.05, 3.63) is 50.3 Å². The van der Waals surface area contributed by atoms with Crippen LogP contribution in [-0.4, -0.2) is 56.7 Å². The van der Waals surface area contributed by atoms with Crippen LogP contribution < -0.4 is 0 Å². The monoisotopic (exact) mass is 484 g/mol. The number of piperidine rings is 1. The molecule has 1 saturated heterocycles. The molecule has 0 unspecified atom stereocenters. The van der Waals surface area contributed by atoms with Crippen molar-refractivity contribution >= 4 is 11.3 Å². The first-order valence-electron chi connectivity index (χ1n) is 10.9. The van der Waals surface area contributed by atoms with Gasteiger partial charge in [0.15, 0.2) is 0 Å². The van der Waals surface area contributed by atoms with E-state index in [0.717, 1.165) is 16.9 Å². The second-order valence-corrected chi connectivity index (χ2v) is 9.83. The first-order valence-corrected chi connectivity index (χ1v) is 11.7. The Hall–Kier alpha value is -1.97. The molecular formula is C22H27F3N4O3S. The van der Waals surface area contributed by atoms with Gasteiger partial charge in [0.05, 0.1) is 26.0 Å². The van der Waals surface area contributed by atoms with Crippen molar-refractivity contribution in [3.8, 4) is 0 Å². The molecule has 2 aliphatic heterocycles. The third-order valence-electron chi connectivity index (χ3n) is 6.50. The quantitative estimate of drug-likeness (QED) is 0.616. The average Bonchev–Trinajstić information content (AvgIpc) is 3.35. The number of hydrogen-bond donors (Lipinski definition) is 2. The molecule has 2 aromatic heterocycles. The summed E-state index contributed by atoms with van der Waals surface area (Å²) in [6, 6.07) is 0.0646. The van der Waals surface area contributed by atoms with E-state index in [2.05, 4.69) is 14.8 Å². The highest BCUT2D eigenvalue weighted by molar-refractivity contribution is 7.12. The summed E-state index contributed by atoms with van der Waals surface area (Å²) in [4.78, 5) is 5.36. The van der Waals surface area contributed by atoms with Gasteiger partial charge in [-0.25, -0.2) is 6.57 Å². The molecule has 2 aliphatic rings. The Balaban J connectivity index is 1.49. The van der Waals surface area contributed by atoms with E-state index in [1.54, 1.807) is 10.9 Å². The molecule has 0 aromatic carbocycles. The summed E-state index contributed by atoms with van der Waals surface area (Å²) in [5, 5.41) is 23.7. The highest BCUT2D eigenvalue weighted by atomic mass is 32.1. The molecule has 1 spiro atoms. The lowest BCUT2D eigenvalue weighted by atomic mass is 9.81. The smallest absolute Gasteiger partial charge is 0.392 e. The maximum atomic E-state index is 13.6. The summed E-state index contributed by atoms with van der Waals surface area (Å²) in [7, 11) is 0. The molecule has 0 aliphatic carbocycles. The first-order chi connectivity index (χ1) is 15.7. The van der Waals surface area contributed by atoms with Gasteiger partial charge in [0.1, 0.15) is 16.6 Å². The number of nitrogens with zero attached hydrogens (tertiary/aromatic N) is 4. The lowest BCUT2D eigenvalue weighted by molar-refractivity contribution is -0.135. The zero-order chi connectivity index (χ0) is 23.8. The fraction of sp³-hybridized carbons (Fsp3) is 0.636. The highest BCUT2D eigenvalue weighted by Crippen LogP contribution is 2.51. The molecule has 0 bridgehead atoms. The van der Waals surface area contributed by atoms with Gasteiger partial charge < -0.3 is 19.8 Å². The minimum atomic E-state index is -4.49. The summed E-state index contributed by atoms with van der Waals surface area (Å²) in [6.45, 7) is 10.2. The van der Waals surface area contributed by atoms with E-state index in [-0.39, 0.29) is 24.7 Å². The molecule has 4 heterocycles. The van der Waals surface area contributed by atoms with Crippen LogP contribution in [0.25, 0.3) is 4.85 Å². The van der Waals surface area contributed by atoms with Crippen LogP contribution in [0.15, 0.2) is 12.4 Å². The second kappa shape index (κ2) is 9.35. The molecule has 180 valence electrons. The summed E-state index contributed by atoms with van der Waals surface area (Å²) < 4.78 is 48.6. The maximum Gasteiger partial charge on any atom is 0.425 e. The van der Waals surface area contributed by atoms with Crippen LogP contribution >= 0.6 is 11.3 Å². The number of alkyl halides is 3. The number of halogens is 3. The van der Waals surface area contributed by atoms with E-state index < -0.39 is 29.4 Å². The molecule has 2 aromatic rings. The predicted molar refractivity (Wildman–Crippen MR) is 115 cm³/mol. The van der Waals surface area contributed by atoms with Crippen LogP contribution in [0.1, 0.15) is 46.2 Å². The summed E-state index contributed by atoms with van der Waals surface area (Å²) in [6.07, 6.45) is -0.142. The van der Waals surface area contributed by atoms with Crippen LogP contribution in [0.3, 0.4) is 0 Å². The molecule has 4 rings (SSSR count). The van der Waals surface area contributed by atoms with Crippen molar-refractivity contribution in [2.45, 2.75) is 69.8 Å². The third-order valence-corrected chi connectivity index (χ3v) is 8.00. The lowest BCUT2D eigenvalue weighted by Gasteiger charge is -2.47. The molecule has 0 saturated carbocycles. The van der Waals surface area contributed by atoms with Crippen molar-refractivity contribution in [1.82, 2.24) is 14.7 Å². The van der Waals surface area contributed by atoms with Gasteiger partial charge in [-0.3, -0.25) is 9.58 Å². The number of aliphatic hydroxyl groups is 2. The van der Waals surface area contributed by atoms with Crippen molar-refractivity contribution in [3.63, 3.8) is 0 Å². The number of fused-ring (bicyclic) bond motifs is 2. The van der Waals surface area contributed by atoms with Crippen molar-refractivity contribution < 1.29 is 28.1 Å². The fourth-order valence-electron chi connectivity index (χ4n) is 4.97. The van der Waals surface area contributed by atoms with Gasteiger partial charge in [0, 0.05) is 41.3 Å². The second-order valence-electron chi connectivity index (χ2n) is 8.80. The minimum absolute atomic E-state index is 0.00748. The molecule has 2 N–H and O–H groups in total. The Morgan fingerprint density at radius 3 is 2.91 bits per heavy atom. The number of ether oxygens (including phenoxy) is 1. The van der Waals surface area contributed by atoms with Crippen molar-refractivity contribution in [1.29, 1.82) is 0 Å². The Bertz CT molecular complexity index is 1030. The Morgan fingerprint density at radius 2 is 2.24 bits per heavy atom. The normalized spacial score (nSPS) is 24.6. The van der Waals surface area contributed by atoms with Gasteiger partial charge >= 0.3 is 6.18 Å². The number of hydrogen-bond acceptors (Lipinski definition) is 6. The highest BCUT2D eigenvalue weighted by Gasteiger charge is 2.48. The Kier molecular flexibility index (Phi) is 6.85. The Labute approximate surface area is 194 Å². The molecular weight excluding hydrogens is 457 g/mol. The standard InChI is InChI=1S/C22H27F3N4O3S/c1-14-7-21(19-17(3-6-32-21)18(13-30)20(33-19)22(23,24)25)4-5-28(14)10-15-8-27-29(11-15)12-16(31)9-26-2/h8,11,14,16,30-31H,3-7,9-10,12-13H2,1H3/t14-,16+,21+/m0/s1. The summed E-state index contributed by atoms with van der Waals surface area (Å²) in [5.41, 5.74) is 0.834. The number of rotatable bonds is 6. The number of thiophene rings is 1. The van der Waals surface area contributed by atoms with E-state index in [1.165, 1.54) is 0 Å². The van der Waals surface area contributed by atoms with Gasteiger partial charge in [-0.05, 0) is 31.7 Å². The number of aromatic nitrogens is 2. The van der Waals surface area contributed by atoms with Crippen molar-refractivity contribution in [2.75, 3.05) is 19.7 Å². The molecule has 11 heteroatoms. The first kappa shape index (κ1) is 24.2. The van der Waals surface area contributed by atoms with Gasteiger partial charge in [-0.15, -0.1) is 11.3 Å². The van der Waals surface area contributed by atoms with Crippen LogP contribution in [0.5, 0.6) is 0 Å². The van der Waals surface area contributed by atoms with Crippen molar-refractivity contribution in [2.24, 2.45) is 0 Å². The molecule has 3 atom stereocenters. The average molecular weight is 485 g/mol. The number of likely N-dealkylation sites (tertiary alicyclic amines) is 1. The molecule has 0 amide bonds. The van der Waals surface area contributed by atoms with Gasteiger partial charge in [-0.1, -0.05) is 0 Å². The SMILES string of the molecule is [C-]#[N+]C[C@@H](O)Cn1cc(CN2CC[C@]3(C[C@@H]2C)OCCc2c3sc(C(F)(F)F)c2CO)cn1. The lowest BCUT2D eigenvalue weighted by Crippen LogP contribution is -2.50. The van der Waals surface area contributed by atoms with Crippen LogP contribution in [0.4, 0.5) is 13.2 Å². The largest absolute Gasteiger partial charge is 0.425 e. The van der Waals surface area contributed by atoms with E-state index >= 15 is 0 Å². The molecule has 33 heavy (non-hydrogen) atoms. The molecule has 7 nitrogen and oxygen atoms in total. The minimum Gasteiger partial charge on any atom is -0.392 e. The van der Waals surface area contributed by atoms with Crippen LogP contribution in [0.2, 0.25) is 0 Å². The van der Waals surface area contributed by atoms with E-state index in [0.29, 0.717) is 49.4 Å². The van der Waals surface area contributed by atoms with Crippen LogP contribution in [-0.2, 0) is 42.6 Å². The zero-order valence-corrected chi connectivity index (χ0v) is 19.1. The summed E-state index contributed by atoms with van der Waals surface area (Å²) >= 11 is 0.732. The van der Waals surface area contributed by atoms with Crippen LogP contribution in [0, 0.1) is 6.57 Å². The predicted octanol–water partition coefficient (Wildman–Crippen LogP) is 3.19. The third kappa shape index (κ3) is 4.81. The van der Waals surface area contributed by atoms with Gasteiger partial charge in [-0.2, -0.15) is 18.3 Å². The molecule has 0 radical (unpaired) electrons. The van der Waals surface area contributed by atoms with E-state index in [9.17, 15) is 23.4 Å². The zero-order valence-electron chi connectivity index (χ0n) is 18.3. The topological polar surface area (TPSA) is 75.1 Å².